The molecule has 0 aliphatic rings. The number of phenolic OH excluding ortho intramolecular Hbond substituents is 1. The van der Waals surface area contributed by atoms with Gasteiger partial charge in [-0.1, -0.05) is 29.0 Å². The Morgan fingerprint density at radius 1 is 1.39 bits per heavy atom. The van der Waals surface area contributed by atoms with Crippen LogP contribution in [0.25, 0.3) is 0 Å². The first-order valence-corrected chi connectivity index (χ1v) is 7.42. The molecule has 0 saturated carbocycles. The molecule has 0 saturated heterocycles. The SMILES string of the molecule is COc1ccc(C(=O)NCCCCCI)cc1O. The maximum atomic E-state index is 11.8. The summed E-state index contributed by atoms with van der Waals surface area (Å²) in [5.74, 6) is 0.186. The molecule has 5 heteroatoms. The summed E-state index contributed by atoms with van der Waals surface area (Å²) in [6.45, 7) is 0.669. The Kier molecular flexibility index (Phi) is 6.85. The molecule has 0 aromatic heterocycles. The standard InChI is InChI=1S/C13H18INO3/c1-18-12-6-5-10(9-11(12)16)13(17)15-8-4-2-3-7-14/h5-6,9,16H,2-4,7-8H2,1H3,(H,15,17). The van der Waals surface area contributed by atoms with Crippen LogP contribution in [-0.4, -0.2) is 29.1 Å². The van der Waals surface area contributed by atoms with Crippen LogP contribution < -0.4 is 10.1 Å². The number of rotatable bonds is 7. The molecule has 1 aromatic rings. The highest BCUT2D eigenvalue weighted by Gasteiger charge is 2.08. The quantitative estimate of drug-likeness (QED) is 0.445. The average molecular weight is 363 g/mol. The summed E-state index contributed by atoms with van der Waals surface area (Å²) in [7, 11) is 1.47. The summed E-state index contributed by atoms with van der Waals surface area (Å²) in [6.07, 6.45) is 3.29. The molecule has 0 atom stereocenters. The number of benzene rings is 1. The van der Waals surface area contributed by atoms with Crippen LogP contribution in [0, 0.1) is 0 Å². The number of hydrogen-bond donors (Lipinski definition) is 2. The van der Waals surface area contributed by atoms with Gasteiger partial charge in [0.2, 0.25) is 0 Å². The molecule has 1 rings (SSSR count). The molecule has 0 fully saturated rings. The Bertz CT molecular complexity index is 396. The van der Waals surface area contributed by atoms with Gasteiger partial charge in [0, 0.05) is 12.1 Å². The maximum absolute atomic E-state index is 11.8. The van der Waals surface area contributed by atoms with Crippen LogP contribution in [-0.2, 0) is 0 Å². The van der Waals surface area contributed by atoms with Crippen molar-refractivity contribution in [2.45, 2.75) is 19.3 Å². The first-order valence-electron chi connectivity index (χ1n) is 5.90. The third-order valence-electron chi connectivity index (χ3n) is 2.54. The zero-order valence-corrected chi connectivity index (χ0v) is 12.6. The molecular formula is C13H18INO3. The number of alkyl halides is 1. The van der Waals surface area contributed by atoms with Crippen LogP contribution in [0.3, 0.4) is 0 Å². The van der Waals surface area contributed by atoms with Crippen LogP contribution in [0.4, 0.5) is 0 Å². The van der Waals surface area contributed by atoms with Gasteiger partial charge >= 0.3 is 0 Å². The second-order valence-electron chi connectivity index (χ2n) is 3.89. The lowest BCUT2D eigenvalue weighted by molar-refractivity contribution is 0.0952. The van der Waals surface area contributed by atoms with Gasteiger partial charge in [-0.3, -0.25) is 4.79 Å². The Balaban J connectivity index is 2.44. The molecule has 0 aliphatic heterocycles. The molecule has 100 valence electrons. The van der Waals surface area contributed by atoms with Crippen molar-refractivity contribution in [2.24, 2.45) is 0 Å². The number of aromatic hydroxyl groups is 1. The molecule has 0 radical (unpaired) electrons. The van der Waals surface area contributed by atoms with Crippen molar-refractivity contribution in [3.63, 3.8) is 0 Å². The van der Waals surface area contributed by atoms with E-state index in [4.69, 9.17) is 4.74 Å². The van der Waals surface area contributed by atoms with Gasteiger partial charge in [-0.05, 0) is 35.5 Å². The van der Waals surface area contributed by atoms with E-state index in [1.165, 1.54) is 19.6 Å². The number of phenols is 1. The molecule has 0 unspecified atom stereocenters. The highest BCUT2D eigenvalue weighted by Crippen LogP contribution is 2.26. The van der Waals surface area contributed by atoms with Gasteiger partial charge in [-0.25, -0.2) is 0 Å². The molecule has 2 N–H and O–H groups in total. The number of methoxy groups -OCH3 is 1. The molecule has 4 nitrogen and oxygen atoms in total. The van der Waals surface area contributed by atoms with Gasteiger partial charge < -0.3 is 15.2 Å². The van der Waals surface area contributed by atoms with Crippen molar-refractivity contribution in [3.8, 4) is 11.5 Å². The lowest BCUT2D eigenvalue weighted by Gasteiger charge is -2.07. The molecule has 1 amide bonds. The minimum absolute atomic E-state index is 0.0185. The number of hydrogen-bond acceptors (Lipinski definition) is 3. The maximum Gasteiger partial charge on any atom is 0.251 e. The number of nitrogens with one attached hydrogen (secondary N) is 1. The molecule has 18 heavy (non-hydrogen) atoms. The molecule has 0 bridgehead atoms. The monoisotopic (exact) mass is 363 g/mol. The zero-order chi connectivity index (χ0) is 13.4. The van der Waals surface area contributed by atoms with Gasteiger partial charge in [0.1, 0.15) is 0 Å². The Morgan fingerprint density at radius 3 is 2.78 bits per heavy atom. The van der Waals surface area contributed by atoms with Gasteiger partial charge in [0.05, 0.1) is 7.11 Å². The highest BCUT2D eigenvalue weighted by atomic mass is 127. The number of carbonyl (C=O) groups excluding carboxylic acids is 1. The lowest BCUT2D eigenvalue weighted by Crippen LogP contribution is -2.24. The van der Waals surface area contributed by atoms with Crippen molar-refractivity contribution >= 4 is 28.5 Å². The van der Waals surface area contributed by atoms with E-state index in [1.807, 2.05) is 0 Å². The van der Waals surface area contributed by atoms with Crippen LogP contribution in [0.5, 0.6) is 11.5 Å². The molecule has 0 heterocycles. The van der Waals surface area contributed by atoms with E-state index < -0.39 is 0 Å². The van der Waals surface area contributed by atoms with Crippen molar-refractivity contribution in [1.29, 1.82) is 0 Å². The molecule has 0 aliphatic carbocycles. The third-order valence-corrected chi connectivity index (χ3v) is 3.30. The van der Waals surface area contributed by atoms with Gasteiger partial charge in [0.25, 0.3) is 5.91 Å². The summed E-state index contributed by atoms with van der Waals surface area (Å²) in [5, 5.41) is 12.4. The Hall–Kier alpha value is -0.980. The smallest absolute Gasteiger partial charge is 0.251 e. The molecule has 1 aromatic carbocycles. The van der Waals surface area contributed by atoms with Gasteiger partial charge in [-0.15, -0.1) is 0 Å². The van der Waals surface area contributed by atoms with E-state index in [2.05, 4.69) is 27.9 Å². The highest BCUT2D eigenvalue weighted by molar-refractivity contribution is 14.1. The second-order valence-corrected chi connectivity index (χ2v) is 4.97. The first kappa shape index (κ1) is 15.1. The van der Waals surface area contributed by atoms with E-state index in [0.717, 1.165) is 17.3 Å². The topological polar surface area (TPSA) is 58.6 Å². The molecule has 0 spiro atoms. The summed E-state index contributed by atoms with van der Waals surface area (Å²) in [6, 6.07) is 4.64. The fourth-order valence-electron chi connectivity index (χ4n) is 1.53. The van der Waals surface area contributed by atoms with E-state index in [1.54, 1.807) is 12.1 Å². The fourth-order valence-corrected chi connectivity index (χ4v) is 2.07. The summed E-state index contributed by atoms with van der Waals surface area (Å²) in [5.41, 5.74) is 0.446. The predicted molar refractivity (Wildman–Crippen MR) is 79.7 cm³/mol. The van der Waals surface area contributed by atoms with E-state index >= 15 is 0 Å². The van der Waals surface area contributed by atoms with E-state index in [-0.39, 0.29) is 11.7 Å². The van der Waals surface area contributed by atoms with Crippen LogP contribution in [0.15, 0.2) is 18.2 Å². The molecular weight excluding hydrogens is 345 g/mol. The van der Waals surface area contributed by atoms with E-state index in [0.29, 0.717) is 17.9 Å². The van der Waals surface area contributed by atoms with Crippen LogP contribution in [0.2, 0.25) is 0 Å². The van der Waals surface area contributed by atoms with Crippen molar-refractivity contribution < 1.29 is 14.6 Å². The van der Waals surface area contributed by atoms with Gasteiger partial charge in [0.15, 0.2) is 11.5 Å². The number of unbranched alkanes of at least 4 members (excludes halogenated alkanes) is 2. The van der Waals surface area contributed by atoms with Crippen LogP contribution in [0.1, 0.15) is 29.6 Å². The van der Waals surface area contributed by atoms with Crippen molar-refractivity contribution in [1.82, 2.24) is 5.32 Å². The number of halogens is 1. The minimum Gasteiger partial charge on any atom is -0.504 e. The number of amides is 1. The van der Waals surface area contributed by atoms with Crippen molar-refractivity contribution in [3.05, 3.63) is 23.8 Å². The normalized spacial score (nSPS) is 10.1. The van der Waals surface area contributed by atoms with Crippen LogP contribution >= 0.6 is 22.6 Å². The Morgan fingerprint density at radius 2 is 2.17 bits per heavy atom. The van der Waals surface area contributed by atoms with Crippen molar-refractivity contribution in [2.75, 3.05) is 18.1 Å². The third kappa shape index (κ3) is 4.72. The number of ether oxygens (including phenoxy) is 1. The predicted octanol–water partition coefficient (Wildman–Crippen LogP) is 2.74. The minimum atomic E-state index is -0.164. The fraction of sp³-hybridized carbons (Fsp3) is 0.462. The Labute approximate surface area is 121 Å². The van der Waals surface area contributed by atoms with Gasteiger partial charge in [-0.2, -0.15) is 0 Å². The van der Waals surface area contributed by atoms with E-state index in [9.17, 15) is 9.90 Å². The average Bonchev–Trinajstić information content (AvgIpc) is 2.38. The summed E-state index contributed by atoms with van der Waals surface area (Å²) >= 11 is 2.35. The second kappa shape index (κ2) is 8.18. The lowest BCUT2D eigenvalue weighted by atomic mass is 10.2. The largest absolute Gasteiger partial charge is 0.504 e. The summed E-state index contributed by atoms with van der Waals surface area (Å²) in [4.78, 5) is 11.8. The number of carbonyl (C=O) groups is 1. The first-order chi connectivity index (χ1) is 8.69. The summed E-state index contributed by atoms with van der Waals surface area (Å²) < 4.78 is 6.07. The zero-order valence-electron chi connectivity index (χ0n) is 10.4.